The minimum atomic E-state index is -4.37. The largest absolute Gasteiger partial charge is 0.484 e. The van der Waals surface area contributed by atoms with Gasteiger partial charge in [0.25, 0.3) is 5.91 Å². The fraction of sp³-hybridized carbons (Fsp3) is 0.533. The van der Waals surface area contributed by atoms with Crippen LogP contribution in [-0.4, -0.2) is 43.6 Å². The summed E-state index contributed by atoms with van der Waals surface area (Å²) in [6.45, 7) is 1.15. The van der Waals surface area contributed by atoms with Crippen LogP contribution < -0.4 is 10.1 Å². The number of nitrogens with one attached hydrogen (secondary N) is 1. The highest BCUT2D eigenvalue weighted by Gasteiger charge is 2.30. The summed E-state index contributed by atoms with van der Waals surface area (Å²) in [5, 5.41) is 3.14. The number of hydrogen-bond acceptors (Lipinski definition) is 3. The summed E-state index contributed by atoms with van der Waals surface area (Å²) in [7, 11) is 1.86. The molecule has 22 heavy (non-hydrogen) atoms. The van der Waals surface area contributed by atoms with Gasteiger partial charge in [-0.05, 0) is 44.2 Å². The summed E-state index contributed by atoms with van der Waals surface area (Å²) in [5.74, 6) is 0.100. The first kappa shape index (κ1) is 16.6. The van der Waals surface area contributed by atoms with Crippen LogP contribution in [0, 0.1) is 0 Å². The molecular weight excluding hydrogens is 297 g/mol. The maximum absolute atomic E-state index is 12.4. The van der Waals surface area contributed by atoms with Crippen molar-refractivity contribution in [3.63, 3.8) is 0 Å². The predicted octanol–water partition coefficient (Wildman–Crippen LogP) is 2.29. The maximum Gasteiger partial charge on any atom is 0.416 e. The van der Waals surface area contributed by atoms with Crippen LogP contribution in [-0.2, 0) is 11.0 Å². The van der Waals surface area contributed by atoms with E-state index in [1.807, 2.05) is 7.05 Å². The highest BCUT2D eigenvalue weighted by atomic mass is 19.4. The molecule has 0 unspecified atom stereocenters. The lowest BCUT2D eigenvalue weighted by atomic mass is 10.1. The van der Waals surface area contributed by atoms with Crippen molar-refractivity contribution in [2.24, 2.45) is 0 Å². The average molecular weight is 316 g/mol. The molecule has 1 aromatic rings. The Morgan fingerprint density at radius 1 is 1.36 bits per heavy atom. The van der Waals surface area contributed by atoms with E-state index in [-0.39, 0.29) is 24.3 Å². The Balaban J connectivity index is 1.86. The minimum Gasteiger partial charge on any atom is -0.484 e. The molecule has 1 aliphatic heterocycles. The van der Waals surface area contributed by atoms with Gasteiger partial charge in [-0.1, -0.05) is 0 Å². The first-order chi connectivity index (χ1) is 10.4. The van der Waals surface area contributed by atoms with E-state index < -0.39 is 11.7 Å². The van der Waals surface area contributed by atoms with Gasteiger partial charge in [-0.2, -0.15) is 13.2 Å². The zero-order chi connectivity index (χ0) is 16.2. The number of piperidine rings is 1. The third-order valence-electron chi connectivity index (χ3n) is 3.73. The summed E-state index contributed by atoms with van der Waals surface area (Å²) in [6, 6.07) is 4.62. The molecule has 7 heteroatoms. The van der Waals surface area contributed by atoms with Crippen molar-refractivity contribution in [1.82, 2.24) is 10.2 Å². The highest BCUT2D eigenvalue weighted by molar-refractivity contribution is 5.77. The Kier molecular flexibility index (Phi) is 5.28. The van der Waals surface area contributed by atoms with Gasteiger partial charge < -0.3 is 15.0 Å². The second-order valence-electron chi connectivity index (χ2n) is 5.28. The van der Waals surface area contributed by atoms with Crippen LogP contribution in [0.3, 0.4) is 0 Å². The second kappa shape index (κ2) is 7.00. The number of alkyl halides is 3. The van der Waals surface area contributed by atoms with Crippen LogP contribution in [0.4, 0.5) is 13.2 Å². The van der Waals surface area contributed by atoms with Crippen molar-refractivity contribution < 1.29 is 22.7 Å². The zero-order valence-electron chi connectivity index (χ0n) is 12.3. The van der Waals surface area contributed by atoms with E-state index in [0.29, 0.717) is 13.1 Å². The van der Waals surface area contributed by atoms with Crippen LogP contribution >= 0.6 is 0 Å². The van der Waals surface area contributed by atoms with Gasteiger partial charge in [0, 0.05) is 19.1 Å². The standard InChI is InChI=1S/C15H19F3N2O2/c1-19-12-3-2-8-20(9-12)14(21)10-22-13-6-4-11(5-7-13)15(16,17)18/h4-7,12,19H,2-3,8-10H2,1H3/t12-/m1/s1. The van der Waals surface area contributed by atoms with Gasteiger partial charge in [0.05, 0.1) is 5.56 Å². The number of benzene rings is 1. The number of amides is 1. The number of ether oxygens (including phenoxy) is 1. The molecule has 0 radical (unpaired) electrons. The van der Waals surface area contributed by atoms with Crippen LogP contribution in [0.25, 0.3) is 0 Å². The Labute approximate surface area is 127 Å². The number of likely N-dealkylation sites (N-methyl/N-ethyl adjacent to an activating group) is 1. The minimum absolute atomic E-state index is 0.153. The molecule has 1 fully saturated rings. The summed E-state index contributed by atoms with van der Waals surface area (Å²) >= 11 is 0. The van der Waals surface area contributed by atoms with Gasteiger partial charge in [-0.15, -0.1) is 0 Å². The molecule has 0 bridgehead atoms. The molecular formula is C15H19F3N2O2. The van der Waals surface area contributed by atoms with Gasteiger partial charge in [-0.3, -0.25) is 4.79 Å². The maximum atomic E-state index is 12.4. The van der Waals surface area contributed by atoms with Crippen molar-refractivity contribution >= 4 is 5.91 Å². The average Bonchev–Trinajstić information content (AvgIpc) is 2.52. The summed E-state index contributed by atoms with van der Waals surface area (Å²) in [4.78, 5) is 13.8. The Morgan fingerprint density at radius 2 is 2.05 bits per heavy atom. The molecule has 1 aliphatic rings. The molecule has 2 rings (SSSR count). The summed E-state index contributed by atoms with van der Waals surface area (Å²) in [6.07, 6.45) is -2.41. The number of likely N-dealkylation sites (tertiary alicyclic amines) is 1. The molecule has 0 aromatic heterocycles. The first-order valence-corrected chi connectivity index (χ1v) is 7.15. The van der Waals surface area contributed by atoms with E-state index in [9.17, 15) is 18.0 Å². The van der Waals surface area contributed by atoms with Crippen LogP contribution in [0.2, 0.25) is 0 Å². The summed E-state index contributed by atoms with van der Waals surface area (Å²) < 4.78 is 42.6. The van der Waals surface area contributed by atoms with E-state index in [1.165, 1.54) is 12.1 Å². The van der Waals surface area contributed by atoms with Crippen LogP contribution in [0.1, 0.15) is 18.4 Å². The number of halogens is 3. The number of rotatable bonds is 4. The molecule has 122 valence electrons. The molecule has 1 heterocycles. The van der Waals surface area contributed by atoms with Crippen molar-refractivity contribution in [3.8, 4) is 5.75 Å². The van der Waals surface area contributed by atoms with Crippen molar-refractivity contribution in [3.05, 3.63) is 29.8 Å². The Morgan fingerprint density at radius 3 is 2.64 bits per heavy atom. The van der Waals surface area contributed by atoms with Gasteiger partial charge in [0.15, 0.2) is 6.61 Å². The second-order valence-corrected chi connectivity index (χ2v) is 5.28. The number of nitrogens with zero attached hydrogens (tertiary/aromatic N) is 1. The van der Waals surface area contributed by atoms with E-state index in [0.717, 1.165) is 25.0 Å². The van der Waals surface area contributed by atoms with Crippen molar-refractivity contribution in [2.75, 3.05) is 26.7 Å². The topological polar surface area (TPSA) is 41.6 Å². The third-order valence-corrected chi connectivity index (χ3v) is 3.73. The molecule has 1 N–H and O–H groups in total. The molecule has 4 nitrogen and oxygen atoms in total. The fourth-order valence-corrected chi connectivity index (χ4v) is 2.42. The zero-order valence-corrected chi connectivity index (χ0v) is 12.3. The van der Waals surface area contributed by atoms with E-state index >= 15 is 0 Å². The smallest absolute Gasteiger partial charge is 0.416 e. The number of hydrogen-bond donors (Lipinski definition) is 1. The van der Waals surface area contributed by atoms with Gasteiger partial charge >= 0.3 is 6.18 Å². The van der Waals surface area contributed by atoms with Gasteiger partial charge in [0.2, 0.25) is 0 Å². The highest BCUT2D eigenvalue weighted by Crippen LogP contribution is 2.30. The van der Waals surface area contributed by atoms with Crippen molar-refractivity contribution in [1.29, 1.82) is 0 Å². The Bertz CT molecular complexity index is 503. The molecule has 0 saturated carbocycles. The monoisotopic (exact) mass is 316 g/mol. The van der Waals surface area contributed by atoms with Crippen molar-refractivity contribution in [2.45, 2.75) is 25.1 Å². The Hall–Kier alpha value is -1.76. The quantitative estimate of drug-likeness (QED) is 0.927. The first-order valence-electron chi connectivity index (χ1n) is 7.15. The predicted molar refractivity (Wildman–Crippen MR) is 75.6 cm³/mol. The molecule has 1 amide bonds. The summed E-state index contributed by atoms with van der Waals surface area (Å²) in [5.41, 5.74) is -0.737. The molecule has 1 aromatic carbocycles. The lowest BCUT2D eigenvalue weighted by molar-refractivity contribution is -0.138. The van der Waals surface area contributed by atoms with E-state index in [2.05, 4.69) is 5.32 Å². The number of carbonyl (C=O) groups excluding carboxylic acids is 1. The van der Waals surface area contributed by atoms with Crippen LogP contribution in [0.15, 0.2) is 24.3 Å². The lowest BCUT2D eigenvalue weighted by Crippen LogP contribution is -2.48. The van der Waals surface area contributed by atoms with Crippen LogP contribution in [0.5, 0.6) is 5.75 Å². The fourth-order valence-electron chi connectivity index (χ4n) is 2.42. The molecule has 1 atom stereocenters. The van der Waals surface area contributed by atoms with Gasteiger partial charge in [0.1, 0.15) is 5.75 Å². The molecule has 1 saturated heterocycles. The van der Waals surface area contributed by atoms with E-state index in [4.69, 9.17) is 4.74 Å². The molecule has 0 spiro atoms. The normalized spacial score (nSPS) is 19.1. The van der Waals surface area contributed by atoms with Gasteiger partial charge in [-0.25, -0.2) is 0 Å². The number of carbonyl (C=O) groups is 1. The SMILES string of the molecule is CN[C@@H]1CCCN(C(=O)COc2ccc(C(F)(F)F)cc2)C1. The van der Waals surface area contributed by atoms with E-state index in [1.54, 1.807) is 4.90 Å². The molecule has 0 aliphatic carbocycles. The lowest BCUT2D eigenvalue weighted by Gasteiger charge is -2.32. The third kappa shape index (κ3) is 4.37.